The summed E-state index contributed by atoms with van der Waals surface area (Å²) < 4.78 is 17.0. The van der Waals surface area contributed by atoms with E-state index in [-0.39, 0.29) is 12.2 Å². The molecule has 0 amide bonds. The molecule has 0 aliphatic heterocycles. The Labute approximate surface area is 61.0 Å². The van der Waals surface area contributed by atoms with E-state index >= 15 is 0 Å². The van der Waals surface area contributed by atoms with Crippen LogP contribution in [0.2, 0.25) is 0 Å². The molecule has 0 saturated carbocycles. The quantitative estimate of drug-likeness (QED) is 0.653. The van der Waals surface area contributed by atoms with Crippen LogP contribution in [-0.2, 0) is 4.74 Å². The van der Waals surface area contributed by atoms with Gasteiger partial charge in [-0.1, -0.05) is 0 Å². The van der Waals surface area contributed by atoms with E-state index in [2.05, 4.69) is 0 Å². The zero-order chi connectivity index (χ0) is 8.20. The zero-order valence-electron chi connectivity index (χ0n) is 6.72. The molecule has 0 aromatic carbocycles. The molecule has 0 aliphatic rings. The average Bonchev–Trinajstić information content (AvgIpc) is 1.81. The number of alkyl halides is 1. The molecule has 0 aromatic heterocycles. The second-order valence-electron chi connectivity index (χ2n) is 3.19. The number of aliphatic hydroxyl groups excluding tert-OH is 1. The molecule has 1 atom stereocenters. The molecule has 0 aromatic rings. The fraction of sp³-hybridized carbons (Fsp3) is 1.00. The lowest BCUT2D eigenvalue weighted by Gasteiger charge is -2.24. The first-order chi connectivity index (χ1) is 4.49. The Morgan fingerprint density at radius 2 is 2.00 bits per heavy atom. The van der Waals surface area contributed by atoms with Gasteiger partial charge < -0.3 is 9.84 Å². The Hall–Kier alpha value is -0.150. The monoisotopic (exact) mass is 150 g/mol. The minimum Gasteiger partial charge on any atom is -0.394 e. The fourth-order valence-electron chi connectivity index (χ4n) is 0.618. The van der Waals surface area contributed by atoms with E-state index in [1.54, 1.807) is 0 Å². The van der Waals surface area contributed by atoms with Crippen LogP contribution in [0.4, 0.5) is 4.39 Å². The third kappa shape index (κ3) is 4.70. The van der Waals surface area contributed by atoms with Crippen LogP contribution in [-0.4, -0.2) is 30.1 Å². The Balaban J connectivity index is 3.63. The van der Waals surface area contributed by atoms with Gasteiger partial charge >= 0.3 is 0 Å². The highest BCUT2D eigenvalue weighted by molar-refractivity contribution is 4.64. The van der Waals surface area contributed by atoms with Gasteiger partial charge in [-0.3, -0.25) is 0 Å². The first-order valence-electron chi connectivity index (χ1n) is 3.34. The SMILES string of the molecule is CC(C)(C)OC(CO)CF. The van der Waals surface area contributed by atoms with Crippen molar-refractivity contribution in [1.29, 1.82) is 0 Å². The van der Waals surface area contributed by atoms with Crippen molar-refractivity contribution in [2.45, 2.75) is 32.5 Å². The summed E-state index contributed by atoms with van der Waals surface area (Å²) in [7, 11) is 0. The molecule has 3 heteroatoms. The van der Waals surface area contributed by atoms with Crippen LogP contribution in [0.15, 0.2) is 0 Å². The van der Waals surface area contributed by atoms with Crippen LogP contribution < -0.4 is 0 Å². The predicted molar refractivity (Wildman–Crippen MR) is 37.7 cm³/mol. The van der Waals surface area contributed by atoms with Crippen molar-refractivity contribution in [2.24, 2.45) is 0 Å². The normalized spacial score (nSPS) is 15.3. The molecular weight excluding hydrogens is 135 g/mol. The maximum absolute atomic E-state index is 11.9. The van der Waals surface area contributed by atoms with Crippen LogP contribution in [0.25, 0.3) is 0 Å². The van der Waals surface area contributed by atoms with Crippen LogP contribution in [0, 0.1) is 0 Å². The van der Waals surface area contributed by atoms with E-state index in [9.17, 15) is 4.39 Å². The van der Waals surface area contributed by atoms with Crippen molar-refractivity contribution < 1.29 is 14.2 Å². The molecule has 0 bridgehead atoms. The lowest BCUT2D eigenvalue weighted by Crippen LogP contribution is -2.31. The van der Waals surface area contributed by atoms with Crippen molar-refractivity contribution in [3.63, 3.8) is 0 Å². The first-order valence-corrected chi connectivity index (χ1v) is 3.34. The highest BCUT2D eigenvalue weighted by Crippen LogP contribution is 2.10. The highest BCUT2D eigenvalue weighted by Gasteiger charge is 2.17. The summed E-state index contributed by atoms with van der Waals surface area (Å²) in [4.78, 5) is 0. The largest absolute Gasteiger partial charge is 0.394 e. The minimum absolute atomic E-state index is 0.256. The topological polar surface area (TPSA) is 29.5 Å². The second-order valence-corrected chi connectivity index (χ2v) is 3.19. The van der Waals surface area contributed by atoms with Gasteiger partial charge in [-0.2, -0.15) is 0 Å². The zero-order valence-corrected chi connectivity index (χ0v) is 6.72. The lowest BCUT2D eigenvalue weighted by atomic mass is 10.2. The molecule has 2 nitrogen and oxygen atoms in total. The number of hydrogen-bond donors (Lipinski definition) is 1. The molecule has 1 unspecified atom stereocenters. The predicted octanol–water partition coefficient (Wildman–Crippen LogP) is 1.13. The Kier molecular flexibility index (Phi) is 3.83. The number of ether oxygens (including phenoxy) is 1. The molecule has 0 aliphatic carbocycles. The molecule has 62 valence electrons. The van der Waals surface area contributed by atoms with Crippen molar-refractivity contribution >= 4 is 0 Å². The van der Waals surface area contributed by atoms with E-state index in [1.807, 2.05) is 20.8 Å². The fourth-order valence-corrected chi connectivity index (χ4v) is 0.618. The van der Waals surface area contributed by atoms with Gasteiger partial charge in [0, 0.05) is 0 Å². The van der Waals surface area contributed by atoms with Crippen molar-refractivity contribution in [3.8, 4) is 0 Å². The number of hydrogen-bond acceptors (Lipinski definition) is 2. The summed E-state index contributed by atoms with van der Waals surface area (Å²) in [6.45, 7) is 4.59. The van der Waals surface area contributed by atoms with Gasteiger partial charge in [-0.15, -0.1) is 0 Å². The summed E-state index contributed by atoms with van der Waals surface area (Å²) in [5.74, 6) is 0. The maximum atomic E-state index is 11.9. The summed E-state index contributed by atoms with van der Waals surface area (Å²) in [5.41, 5.74) is -0.376. The summed E-state index contributed by atoms with van der Waals surface area (Å²) >= 11 is 0. The Bertz CT molecular complexity index is 84.1. The van der Waals surface area contributed by atoms with Gasteiger partial charge in [-0.05, 0) is 20.8 Å². The molecule has 1 N–H and O–H groups in total. The summed E-state index contributed by atoms with van der Waals surface area (Å²) in [6, 6.07) is 0. The van der Waals surface area contributed by atoms with Gasteiger partial charge in [0.05, 0.1) is 12.2 Å². The third-order valence-electron chi connectivity index (χ3n) is 0.896. The van der Waals surface area contributed by atoms with Gasteiger partial charge in [0.1, 0.15) is 12.8 Å². The van der Waals surface area contributed by atoms with Gasteiger partial charge in [-0.25, -0.2) is 4.39 Å². The van der Waals surface area contributed by atoms with Crippen LogP contribution in [0.3, 0.4) is 0 Å². The minimum atomic E-state index is -0.667. The van der Waals surface area contributed by atoms with Crippen LogP contribution in [0.5, 0.6) is 0 Å². The second kappa shape index (κ2) is 3.88. The lowest BCUT2D eigenvalue weighted by molar-refractivity contribution is -0.0876. The molecule has 10 heavy (non-hydrogen) atoms. The van der Waals surface area contributed by atoms with E-state index < -0.39 is 12.8 Å². The molecule has 0 fully saturated rings. The summed E-state index contributed by atoms with van der Waals surface area (Å²) in [6.07, 6.45) is -0.667. The van der Waals surface area contributed by atoms with E-state index in [0.29, 0.717) is 0 Å². The van der Waals surface area contributed by atoms with Gasteiger partial charge in [0.25, 0.3) is 0 Å². The molecule has 0 spiro atoms. The van der Waals surface area contributed by atoms with Crippen molar-refractivity contribution in [1.82, 2.24) is 0 Å². The molecule has 0 heterocycles. The van der Waals surface area contributed by atoms with Crippen molar-refractivity contribution in [2.75, 3.05) is 13.3 Å². The Morgan fingerprint density at radius 3 is 2.10 bits per heavy atom. The van der Waals surface area contributed by atoms with Gasteiger partial charge in [0.2, 0.25) is 0 Å². The molecular formula is C7H15FO2. The molecule has 0 radical (unpaired) electrons. The smallest absolute Gasteiger partial charge is 0.118 e. The molecule has 0 rings (SSSR count). The van der Waals surface area contributed by atoms with E-state index in [4.69, 9.17) is 9.84 Å². The van der Waals surface area contributed by atoms with Gasteiger partial charge in [0.15, 0.2) is 0 Å². The average molecular weight is 150 g/mol. The number of rotatable bonds is 3. The number of halogens is 1. The number of aliphatic hydroxyl groups is 1. The van der Waals surface area contributed by atoms with Crippen molar-refractivity contribution in [3.05, 3.63) is 0 Å². The standard InChI is InChI=1S/C7H15FO2/c1-7(2,3)10-6(4-8)5-9/h6,9H,4-5H2,1-3H3. The first kappa shape index (κ1) is 9.85. The summed E-state index contributed by atoms with van der Waals surface area (Å²) in [5, 5.41) is 8.52. The maximum Gasteiger partial charge on any atom is 0.118 e. The van der Waals surface area contributed by atoms with E-state index in [1.165, 1.54) is 0 Å². The third-order valence-corrected chi connectivity index (χ3v) is 0.896. The molecule has 0 saturated heterocycles. The van der Waals surface area contributed by atoms with E-state index in [0.717, 1.165) is 0 Å². The van der Waals surface area contributed by atoms with Crippen LogP contribution >= 0.6 is 0 Å². The van der Waals surface area contributed by atoms with Crippen LogP contribution in [0.1, 0.15) is 20.8 Å². The highest BCUT2D eigenvalue weighted by atomic mass is 19.1. The Morgan fingerprint density at radius 1 is 1.50 bits per heavy atom.